The number of benzene rings is 1. The van der Waals surface area contributed by atoms with Crippen molar-refractivity contribution in [3.8, 4) is 11.6 Å². The molecule has 1 heterocycles. The zero-order valence-corrected chi connectivity index (χ0v) is 12.8. The van der Waals surface area contributed by atoms with E-state index in [-0.39, 0.29) is 0 Å². The molecule has 2 aromatic rings. The first-order valence-corrected chi connectivity index (χ1v) is 6.90. The Labute approximate surface area is 121 Å². The van der Waals surface area contributed by atoms with Crippen molar-refractivity contribution in [1.82, 2.24) is 10.3 Å². The third kappa shape index (κ3) is 3.17. The van der Waals surface area contributed by atoms with E-state index in [9.17, 15) is 0 Å². The van der Waals surface area contributed by atoms with E-state index in [0.717, 1.165) is 16.9 Å². The Morgan fingerprint density at radius 3 is 2.50 bits per heavy atom. The minimum Gasteiger partial charge on any atom is -0.439 e. The van der Waals surface area contributed by atoms with Gasteiger partial charge < -0.3 is 10.1 Å². The lowest BCUT2D eigenvalue weighted by molar-refractivity contribution is 0.457. The lowest BCUT2D eigenvalue weighted by atomic mass is 10.1. The lowest BCUT2D eigenvalue weighted by Crippen LogP contribution is -2.12. The summed E-state index contributed by atoms with van der Waals surface area (Å²) in [7, 11) is 1.94. The smallest absolute Gasteiger partial charge is 0.219 e. The predicted octanol–water partition coefficient (Wildman–Crippen LogP) is 4.08. The summed E-state index contributed by atoms with van der Waals surface area (Å²) in [6.07, 6.45) is 1.86. The molecule has 0 spiro atoms. The van der Waals surface area contributed by atoms with Crippen molar-refractivity contribution >= 4 is 0 Å². The Morgan fingerprint density at radius 1 is 1.15 bits per heavy atom. The summed E-state index contributed by atoms with van der Waals surface area (Å²) < 4.78 is 5.91. The third-order valence-electron chi connectivity index (χ3n) is 3.67. The van der Waals surface area contributed by atoms with Crippen LogP contribution >= 0.6 is 0 Å². The van der Waals surface area contributed by atoms with Crippen molar-refractivity contribution in [2.45, 2.75) is 33.7 Å². The third-order valence-corrected chi connectivity index (χ3v) is 3.67. The van der Waals surface area contributed by atoms with Gasteiger partial charge in [0.05, 0.1) is 0 Å². The highest BCUT2D eigenvalue weighted by Crippen LogP contribution is 2.27. The number of nitrogens with one attached hydrogen (secondary N) is 1. The first kappa shape index (κ1) is 14.5. The summed E-state index contributed by atoms with van der Waals surface area (Å²) in [6, 6.07) is 8.46. The molecule has 0 saturated heterocycles. The number of nitrogens with zero attached hydrogens (tertiary/aromatic N) is 1. The highest BCUT2D eigenvalue weighted by molar-refractivity contribution is 5.43. The Balaban J connectivity index is 2.22. The van der Waals surface area contributed by atoms with Gasteiger partial charge in [-0.15, -0.1) is 0 Å². The van der Waals surface area contributed by atoms with Crippen molar-refractivity contribution in [2.24, 2.45) is 0 Å². The first-order chi connectivity index (χ1) is 9.51. The molecular weight excluding hydrogens is 248 g/mol. The van der Waals surface area contributed by atoms with Crippen LogP contribution in [0.15, 0.2) is 30.5 Å². The van der Waals surface area contributed by atoms with Crippen molar-refractivity contribution < 1.29 is 4.74 Å². The summed E-state index contributed by atoms with van der Waals surface area (Å²) in [6.45, 7) is 8.35. The molecule has 1 aromatic carbocycles. The zero-order valence-electron chi connectivity index (χ0n) is 12.8. The van der Waals surface area contributed by atoms with Gasteiger partial charge in [-0.2, -0.15) is 0 Å². The largest absolute Gasteiger partial charge is 0.439 e. The molecule has 3 nitrogen and oxygen atoms in total. The Hall–Kier alpha value is -1.87. The number of aryl methyl sites for hydroxylation is 2. The molecule has 20 heavy (non-hydrogen) atoms. The number of aromatic nitrogens is 1. The standard InChI is InChI=1S/C17H22N2O/c1-11-8-12(2)13(3)16(9-11)20-17-7-6-15(10-19-17)14(4)18-5/h6-10,14,18H,1-5H3. The molecule has 0 aliphatic heterocycles. The van der Waals surface area contributed by atoms with Crippen LogP contribution < -0.4 is 10.1 Å². The molecule has 1 aromatic heterocycles. The number of hydrogen-bond acceptors (Lipinski definition) is 3. The van der Waals surface area contributed by atoms with Crippen LogP contribution in [0.3, 0.4) is 0 Å². The van der Waals surface area contributed by atoms with E-state index in [1.54, 1.807) is 0 Å². The van der Waals surface area contributed by atoms with Gasteiger partial charge in [0.15, 0.2) is 0 Å². The van der Waals surface area contributed by atoms with Gasteiger partial charge in [-0.3, -0.25) is 0 Å². The topological polar surface area (TPSA) is 34.1 Å². The maximum atomic E-state index is 5.91. The van der Waals surface area contributed by atoms with Crippen molar-refractivity contribution in [3.05, 3.63) is 52.7 Å². The van der Waals surface area contributed by atoms with Crippen molar-refractivity contribution in [3.63, 3.8) is 0 Å². The molecule has 0 saturated carbocycles. The average molecular weight is 270 g/mol. The van der Waals surface area contributed by atoms with E-state index in [0.29, 0.717) is 11.9 Å². The van der Waals surface area contributed by atoms with Gasteiger partial charge in [0.1, 0.15) is 5.75 Å². The highest BCUT2D eigenvalue weighted by Gasteiger charge is 2.07. The Morgan fingerprint density at radius 2 is 1.90 bits per heavy atom. The molecule has 1 unspecified atom stereocenters. The molecule has 106 valence electrons. The van der Waals surface area contributed by atoms with Gasteiger partial charge in [0.2, 0.25) is 5.88 Å². The van der Waals surface area contributed by atoms with Crippen LogP contribution in [0, 0.1) is 20.8 Å². The van der Waals surface area contributed by atoms with Crippen LogP contribution in [0.4, 0.5) is 0 Å². The maximum Gasteiger partial charge on any atom is 0.219 e. The summed E-state index contributed by atoms with van der Waals surface area (Å²) in [5.74, 6) is 1.51. The molecule has 0 fully saturated rings. The van der Waals surface area contributed by atoms with E-state index in [2.05, 4.69) is 44.1 Å². The lowest BCUT2D eigenvalue weighted by Gasteiger charge is -2.13. The highest BCUT2D eigenvalue weighted by atomic mass is 16.5. The minimum absolute atomic E-state index is 0.291. The van der Waals surface area contributed by atoms with Gasteiger partial charge in [-0.25, -0.2) is 4.98 Å². The number of pyridine rings is 1. The average Bonchev–Trinajstić information content (AvgIpc) is 2.44. The normalized spacial score (nSPS) is 12.2. The quantitative estimate of drug-likeness (QED) is 0.909. The van der Waals surface area contributed by atoms with Crippen LogP contribution in [-0.2, 0) is 0 Å². The zero-order chi connectivity index (χ0) is 14.7. The molecule has 3 heteroatoms. The molecule has 1 N–H and O–H groups in total. The molecule has 0 amide bonds. The molecule has 0 aliphatic carbocycles. The van der Waals surface area contributed by atoms with Crippen LogP contribution in [0.5, 0.6) is 11.6 Å². The van der Waals surface area contributed by atoms with Gasteiger partial charge >= 0.3 is 0 Å². The second kappa shape index (κ2) is 6.06. The summed E-state index contributed by atoms with van der Waals surface area (Å²) in [4.78, 5) is 4.38. The Kier molecular flexibility index (Phi) is 4.40. The van der Waals surface area contributed by atoms with E-state index < -0.39 is 0 Å². The van der Waals surface area contributed by atoms with E-state index >= 15 is 0 Å². The fraction of sp³-hybridized carbons (Fsp3) is 0.353. The van der Waals surface area contributed by atoms with Crippen molar-refractivity contribution in [2.75, 3.05) is 7.05 Å². The van der Waals surface area contributed by atoms with Gasteiger partial charge in [0, 0.05) is 18.3 Å². The second-order valence-corrected chi connectivity index (χ2v) is 5.25. The van der Waals surface area contributed by atoms with Gasteiger partial charge in [0.25, 0.3) is 0 Å². The van der Waals surface area contributed by atoms with E-state index in [1.807, 2.05) is 31.4 Å². The van der Waals surface area contributed by atoms with Crippen molar-refractivity contribution in [1.29, 1.82) is 0 Å². The van der Waals surface area contributed by atoms with Crippen LogP contribution in [-0.4, -0.2) is 12.0 Å². The second-order valence-electron chi connectivity index (χ2n) is 5.25. The summed E-state index contributed by atoms with van der Waals surface area (Å²) >= 11 is 0. The van der Waals surface area contributed by atoms with Gasteiger partial charge in [-0.05, 0) is 63.1 Å². The van der Waals surface area contributed by atoms with Crippen LogP contribution in [0.2, 0.25) is 0 Å². The SMILES string of the molecule is CNC(C)c1ccc(Oc2cc(C)cc(C)c2C)nc1. The minimum atomic E-state index is 0.291. The van der Waals surface area contributed by atoms with E-state index in [1.165, 1.54) is 11.1 Å². The van der Waals surface area contributed by atoms with E-state index in [4.69, 9.17) is 4.74 Å². The molecule has 0 bridgehead atoms. The predicted molar refractivity (Wildman–Crippen MR) is 82.4 cm³/mol. The molecule has 0 aliphatic rings. The fourth-order valence-corrected chi connectivity index (χ4v) is 2.09. The number of ether oxygens (including phenoxy) is 1. The summed E-state index contributed by atoms with van der Waals surface area (Å²) in [5.41, 5.74) is 4.74. The van der Waals surface area contributed by atoms with Crippen LogP contribution in [0.1, 0.15) is 35.2 Å². The van der Waals surface area contributed by atoms with Gasteiger partial charge in [-0.1, -0.05) is 12.1 Å². The number of rotatable bonds is 4. The number of hydrogen-bond donors (Lipinski definition) is 1. The van der Waals surface area contributed by atoms with Crippen LogP contribution in [0.25, 0.3) is 0 Å². The first-order valence-electron chi connectivity index (χ1n) is 6.90. The molecular formula is C17H22N2O. The monoisotopic (exact) mass is 270 g/mol. The Bertz CT molecular complexity index is 591. The summed E-state index contributed by atoms with van der Waals surface area (Å²) in [5, 5.41) is 3.19. The maximum absolute atomic E-state index is 5.91. The molecule has 2 rings (SSSR count). The fourth-order valence-electron chi connectivity index (χ4n) is 2.09. The molecule has 0 radical (unpaired) electrons. The molecule has 1 atom stereocenters.